The second-order valence-corrected chi connectivity index (χ2v) is 7.70. The van der Waals surface area contributed by atoms with Crippen molar-refractivity contribution in [2.45, 2.75) is 32.1 Å². The van der Waals surface area contributed by atoms with Gasteiger partial charge < -0.3 is 19.9 Å². The number of nitrogens with one attached hydrogen (secondary N) is 1. The highest BCUT2D eigenvalue weighted by Crippen LogP contribution is 2.22. The minimum Gasteiger partial charge on any atom is -0.497 e. The lowest BCUT2D eigenvalue weighted by atomic mass is 9.97. The van der Waals surface area contributed by atoms with Crippen molar-refractivity contribution in [3.63, 3.8) is 0 Å². The van der Waals surface area contributed by atoms with Gasteiger partial charge in [0.25, 0.3) is 0 Å². The van der Waals surface area contributed by atoms with Gasteiger partial charge in [-0.25, -0.2) is 4.98 Å². The average molecular weight is 394 g/mol. The van der Waals surface area contributed by atoms with E-state index >= 15 is 0 Å². The van der Waals surface area contributed by atoms with Gasteiger partial charge in [-0.15, -0.1) is 0 Å². The monoisotopic (exact) mass is 393 g/mol. The molecule has 1 aliphatic carbocycles. The molecule has 2 aliphatic rings. The summed E-state index contributed by atoms with van der Waals surface area (Å²) >= 11 is 0. The van der Waals surface area contributed by atoms with Crippen molar-refractivity contribution < 1.29 is 4.74 Å². The molecule has 154 valence electrons. The van der Waals surface area contributed by atoms with Gasteiger partial charge in [0.1, 0.15) is 11.6 Å². The van der Waals surface area contributed by atoms with E-state index in [1.165, 1.54) is 31.4 Å². The average Bonchev–Trinajstić information content (AvgIpc) is 2.80. The molecule has 0 radical (unpaired) electrons. The van der Waals surface area contributed by atoms with Gasteiger partial charge in [0.05, 0.1) is 7.11 Å². The zero-order valence-corrected chi connectivity index (χ0v) is 17.3. The van der Waals surface area contributed by atoms with E-state index in [2.05, 4.69) is 38.3 Å². The number of anilines is 3. The maximum Gasteiger partial charge on any atom is 0.227 e. The summed E-state index contributed by atoms with van der Waals surface area (Å²) < 4.78 is 5.25. The molecule has 1 saturated heterocycles. The lowest BCUT2D eigenvalue weighted by molar-refractivity contribution is 0.415. The Hall–Kier alpha value is -2.76. The first-order chi connectivity index (χ1) is 14.3. The highest BCUT2D eigenvalue weighted by molar-refractivity contribution is 5.51. The van der Waals surface area contributed by atoms with Crippen molar-refractivity contribution >= 4 is 17.5 Å². The Labute approximate surface area is 173 Å². The largest absolute Gasteiger partial charge is 0.497 e. The van der Waals surface area contributed by atoms with Crippen LogP contribution in [0, 0.1) is 0 Å². The maximum atomic E-state index is 5.25. The van der Waals surface area contributed by atoms with Crippen LogP contribution < -0.4 is 19.9 Å². The summed E-state index contributed by atoms with van der Waals surface area (Å²) in [5.74, 6) is 2.63. The van der Waals surface area contributed by atoms with E-state index in [0.29, 0.717) is 0 Å². The molecule has 29 heavy (non-hydrogen) atoms. The molecule has 1 aliphatic heterocycles. The fourth-order valence-electron chi connectivity index (χ4n) is 4.04. The summed E-state index contributed by atoms with van der Waals surface area (Å²) in [5, 5.41) is 3.48. The van der Waals surface area contributed by atoms with E-state index in [-0.39, 0.29) is 0 Å². The predicted octanol–water partition coefficient (Wildman–Crippen LogP) is 4.11. The molecule has 0 bridgehead atoms. The number of hydrogen-bond acceptors (Lipinski definition) is 6. The van der Waals surface area contributed by atoms with Gasteiger partial charge >= 0.3 is 0 Å². The van der Waals surface area contributed by atoms with Crippen LogP contribution in [0.4, 0.5) is 17.5 Å². The number of rotatable bonds is 7. The van der Waals surface area contributed by atoms with E-state index < -0.39 is 0 Å². The third kappa shape index (κ3) is 5.19. The van der Waals surface area contributed by atoms with Crippen molar-refractivity contribution in [1.29, 1.82) is 0 Å². The van der Waals surface area contributed by atoms with Crippen LogP contribution in [0.3, 0.4) is 0 Å². The number of methoxy groups -OCH3 is 1. The minimum atomic E-state index is 0.821. The van der Waals surface area contributed by atoms with Crippen LogP contribution in [-0.4, -0.2) is 49.8 Å². The summed E-state index contributed by atoms with van der Waals surface area (Å²) in [6, 6.07) is 10.2. The van der Waals surface area contributed by atoms with Crippen molar-refractivity contribution in [3.8, 4) is 5.75 Å². The fraction of sp³-hybridized carbons (Fsp3) is 0.478. The van der Waals surface area contributed by atoms with Crippen LogP contribution in [0.1, 0.15) is 32.1 Å². The lowest BCUT2D eigenvalue weighted by Gasteiger charge is -2.36. The Morgan fingerprint density at radius 1 is 1.00 bits per heavy atom. The van der Waals surface area contributed by atoms with Crippen molar-refractivity contribution in [1.82, 2.24) is 9.97 Å². The highest BCUT2D eigenvalue weighted by atomic mass is 16.5. The van der Waals surface area contributed by atoms with Gasteiger partial charge in [-0.2, -0.15) is 4.98 Å². The molecule has 0 amide bonds. The van der Waals surface area contributed by atoms with Crippen LogP contribution in [0.2, 0.25) is 0 Å². The Balaban J connectivity index is 1.29. The standard InChI is InChI=1S/C23H31N5O/c1-29-21-9-7-20(8-10-21)27-15-17-28(18-16-27)23-25-14-12-22(26-23)24-13-11-19-5-3-2-4-6-19/h5,7-10,12,14H,2-4,6,11,13,15-18H2,1H3,(H,24,25,26). The first kappa shape index (κ1) is 19.6. The van der Waals surface area contributed by atoms with E-state index in [4.69, 9.17) is 9.72 Å². The van der Waals surface area contributed by atoms with Gasteiger partial charge in [0, 0.05) is 44.6 Å². The highest BCUT2D eigenvalue weighted by Gasteiger charge is 2.19. The van der Waals surface area contributed by atoms with Crippen LogP contribution in [0.5, 0.6) is 5.75 Å². The normalized spacial score (nSPS) is 17.1. The maximum absolute atomic E-state index is 5.25. The van der Waals surface area contributed by atoms with E-state index in [1.54, 1.807) is 12.7 Å². The first-order valence-electron chi connectivity index (χ1n) is 10.7. The molecule has 4 rings (SSSR count). The van der Waals surface area contributed by atoms with Crippen molar-refractivity contribution in [2.24, 2.45) is 0 Å². The van der Waals surface area contributed by atoms with Gasteiger partial charge in [-0.1, -0.05) is 11.6 Å². The minimum absolute atomic E-state index is 0.821. The lowest BCUT2D eigenvalue weighted by Crippen LogP contribution is -2.47. The van der Waals surface area contributed by atoms with Gasteiger partial charge in [-0.3, -0.25) is 0 Å². The molecular formula is C23H31N5O. The van der Waals surface area contributed by atoms with Crippen molar-refractivity contribution in [2.75, 3.05) is 55.0 Å². The second kappa shape index (κ2) is 9.63. The smallest absolute Gasteiger partial charge is 0.227 e. The molecule has 0 saturated carbocycles. The van der Waals surface area contributed by atoms with Gasteiger partial charge in [-0.05, 0) is 62.4 Å². The first-order valence-corrected chi connectivity index (χ1v) is 10.7. The van der Waals surface area contributed by atoms with Crippen LogP contribution in [0.25, 0.3) is 0 Å². The summed E-state index contributed by atoms with van der Waals surface area (Å²) in [7, 11) is 1.70. The Bertz CT molecular complexity index is 812. The number of benzene rings is 1. The Morgan fingerprint density at radius 2 is 1.79 bits per heavy atom. The van der Waals surface area contributed by atoms with Crippen molar-refractivity contribution in [3.05, 3.63) is 48.2 Å². The number of nitrogens with zero attached hydrogens (tertiary/aromatic N) is 4. The van der Waals surface area contributed by atoms with E-state index in [9.17, 15) is 0 Å². The van der Waals surface area contributed by atoms with Crippen LogP contribution in [0.15, 0.2) is 48.2 Å². The third-order valence-corrected chi connectivity index (χ3v) is 5.78. The number of hydrogen-bond donors (Lipinski definition) is 1. The van der Waals surface area contributed by atoms with E-state index in [0.717, 1.165) is 56.7 Å². The zero-order chi connectivity index (χ0) is 19.9. The number of piperazine rings is 1. The third-order valence-electron chi connectivity index (χ3n) is 5.78. The molecule has 2 aromatic rings. The molecule has 0 atom stereocenters. The Morgan fingerprint density at radius 3 is 2.52 bits per heavy atom. The molecule has 1 fully saturated rings. The molecule has 1 aromatic carbocycles. The van der Waals surface area contributed by atoms with E-state index in [1.807, 2.05) is 24.4 Å². The molecular weight excluding hydrogens is 362 g/mol. The predicted molar refractivity (Wildman–Crippen MR) is 119 cm³/mol. The second-order valence-electron chi connectivity index (χ2n) is 7.70. The molecule has 1 aromatic heterocycles. The quantitative estimate of drug-likeness (QED) is 0.715. The summed E-state index contributed by atoms with van der Waals surface area (Å²) in [6.45, 7) is 4.70. The van der Waals surface area contributed by atoms with Gasteiger partial charge in [0.2, 0.25) is 5.95 Å². The summed E-state index contributed by atoms with van der Waals surface area (Å²) in [5.41, 5.74) is 2.83. The molecule has 0 spiro atoms. The SMILES string of the molecule is COc1ccc(N2CCN(c3nccc(NCCC4=CCCCC4)n3)CC2)cc1. The zero-order valence-electron chi connectivity index (χ0n) is 17.3. The number of aromatic nitrogens is 2. The topological polar surface area (TPSA) is 53.5 Å². The molecule has 6 nitrogen and oxygen atoms in total. The molecule has 6 heteroatoms. The Kier molecular flexibility index (Phi) is 6.49. The number of allylic oxidation sites excluding steroid dienone is 1. The van der Waals surface area contributed by atoms with Crippen LogP contribution >= 0.6 is 0 Å². The van der Waals surface area contributed by atoms with Crippen LogP contribution in [-0.2, 0) is 0 Å². The van der Waals surface area contributed by atoms with Gasteiger partial charge in [0.15, 0.2) is 0 Å². The molecule has 0 unspecified atom stereocenters. The molecule has 1 N–H and O–H groups in total. The summed E-state index contributed by atoms with van der Waals surface area (Å²) in [4.78, 5) is 13.9. The number of ether oxygens (including phenoxy) is 1. The fourth-order valence-corrected chi connectivity index (χ4v) is 4.04. The summed E-state index contributed by atoms with van der Waals surface area (Å²) in [6.07, 6.45) is 10.6. The molecule has 2 heterocycles.